The molecule has 2 saturated heterocycles. The molecule has 0 saturated carbocycles. The first-order chi connectivity index (χ1) is 15.3. The number of imide groups is 1. The Bertz CT molecular complexity index is 1050. The summed E-state index contributed by atoms with van der Waals surface area (Å²) in [7, 11) is 0. The fourth-order valence-corrected chi connectivity index (χ4v) is 4.50. The highest BCUT2D eigenvalue weighted by Crippen LogP contribution is 2.37. The van der Waals surface area contributed by atoms with E-state index >= 15 is 0 Å². The molecule has 3 aliphatic heterocycles. The van der Waals surface area contributed by atoms with Crippen molar-refractivity contribution in [3.8, 4) is 17.2 Å². The van der Waals surface area contributed by atoms with Gasteiger partial charge in [-0.2, -0.15) is 0 Å². The summed E-state index contributed by atoms with van der Waals surface area (Å²) in [6, 6.07) is 11.0. The molecule has 2 atom stereocenters. The molecule has 3 aliphatic rings. The van der Waals surface area contributed by atoms with E-state index in [-0.39, 0.29) is 30.9 Å². The Morgan fingerprint density at radius 3 is 2.31 bits per heavy atom. The molecule has 10 heteroatoms. The highest BCUT2D eigenvalue weighted by Gasteiger charge is 2.52. The van der Waals surface area contributed by atoms with Crippen LogP contribution in [0.2, 0.25) is 0 Å². The first-order valence-corrected chi connectivity index (χ1v) is 10.1. The zero-order valence-electron chi connectivity index (χ0n) is 16.8. The van der Waals surface area contributed by atoms with Crippen LogP contribution in [-0.2, 0) is 22.7 Å². The zero-order chi connectivity index (χ0) is 22.5. The average molecular weight is 448 g/mol. The third kappa shape index (κ3) is 3.97. The van der Waals surface area contributed by atoms with Gasteiger partial charge in [0, 0.05) is 19.6 Å². The van der Waals surface area contributed by atoms with Crippen molar-refractivity contribution in [1.29, 1.82) is 0 Å². The van der Waals surface area contributed by atoms with Gasteiger partial charge in [-0.05, 0) is 35.4 Å². The minimum atomic E-state index is -4.76. The highest BCUT2D eigenvalue weighted by molar-refractivity contribution is 6.05. The lowest BCUT2D eigenvalue weighted by Gasteiger charge is -2.21. The maximum atomic E-state index is 12.9. The number of benzene rings is 2. The topological polar surface area (TPSA) is 68.3 Å². The SMILES string of the molecule is O=C1[C@H]2CN(Cc3cccc(OC(F)(F)F)c3)C[C@H]2C(=O)N1Cc1ccc2c(c1)OCO2. The number of alkyl halides is 3. The van der Waals surface area contributed by atoms with Crippen LogP contribution in [0.5, 0.6) is 17.2 Å². The van der Waals surface area contributed by atoms with Crippen molar-refractivity contribution < 1.29 is 37.0 Å². The van der Waals surface area contributed by atoms with Crippen molar-refractivity contribution in [3.63, 3.8) is 0 Å². The minimum Gasteiger partial charge on any atom is -0.454 e. The van der Waals surface area contributed by atoms with Crippen LogP contribution in [0.1, 0.15) is 11.1 Å². The van der Waals surface area contributed by atoms with Crippen LogP contribution >= 0.6 is 0 Å². The van der Waals surface area contributed by atoms with Gasteiger partial charge in [0.2, 0.25) is 18.6 Å². The lowest BCUT2D eigenvalue weighted by Crippen LogP contribution is -2.35. The monoisotopic (exact) mass is 448 g/mol. The molecule has 3 heterocycles. The van der Waals surface area contributed by atoms with Gasteiger partial charge in [-0.25, -0.2) is 0 Å². The summed E-state index contributed by atoms with van der Waals surface area (Å²) in [5.74, 6) is -0.438. The van der Waals surface area contributed by atoms with Crippen molar-refractivity contribution in [3.05, 3.63) is 53.6 Å². The van der Waals surface area contributed by atoms with Gasteiger partial charge in [0.05, 0.1) is 18.4 Å². The van der Waals surface area contributed by atoms with Gasteiger partial charge in [0.1, 0.15) is 5.75 Å². The van der Waals surface area contributed by atoms with Gasteiger partial charge in [0.25, 0.3) is 0 Å². The van der Waals surface area contributed by atoms with Crippen LogP contribution in [0, 0.1) is 11.8 Å². The molecule has 7 nitrogen and oxygen atoms in total. The number of likely N-dealkylation sites (tertiary alicyclic amines) is 2. The second-order valence-electron chi connectivity index (χ2n) is 8.05. The molecule has 0 aliphatic carbocycles. The molecule has 0 radical (unpaired) electrons. The largest absolute Gasteiger partial charge is 0.573 e. The Morgan fingerprint density at radius 1 is 0.906 bits per heavy atom. The fourth-order valence-electron chi connectivity index (χ4n) is 4.50. The van der Waals surface area contributed by atoms with E-state index in [0.717, 1.165) is 5.56 Å². The second-order valence-corrected chi connectivity index (χ2v) is 8.05. The normalized spacial score (nSPS) is 22.5. The number of halogens is 3. The summed E-state index contributed by atoms with van der Waals surface area (Å²) in [5, 5.41) is 0. The number of hydrogen-bond acceptors (Lipinski definition) is 6. The number of fused-ring (bicyclic) bond motifs is 2. The molecule has 32 heavy (non-hydrogen) atoms. The molecule has 0 spiro atoms. The van der Waals surface area contributed by atoms with Crippen LogP contribution in [0.4, 0.5) is 13.2 Å². The Morgan fingerprint density at radius 2 is 1.59 bits per heavy atom. The number of ether oxygens (including phenoxy) is 3. The van der Waals surface area contributed by atoms with Crippen molar-refractivity contribution >= 4 is 11.8 Å². The molecule has 0 unspecified atom stereocenters. The number of carbonyl (C=O) groups is 2. The van der Waals surface area contributed by atoms with Crippen LogP contribution in [-0.4, -0.2) is 47.9 Å². The van der Waals surface area contributed by atoms with E-state index in [2.05, 4.69) is 4.74 Å². The van der Waals surface area contributed by atoms with E-state index in [4.69, 9.17) is 9.47 Å². The molecule has 2 fully saturated rings. The molecule has 2 aromatic rings. The van der Waals surface area contributed by atoms with Crippen LogP contribution in [0.15, 0.2) is 42.5 Å². The predicted molar refractivity (Wildman–Crippen MR) is 104 cm³/mol. The number of nitrogens with zero attached hydrogens (tertiary/aromatic N) is 2. The number of amides is 2. The first kappa shape index (κ1) is 20.6. The summed E-state index contributed by atoms with van der Waals surface area (Å²) in [4.78, 5) is 29.0. The maximum Gasteiger partial charge on any atom is 0.573 e. The summed E-state index contributed by atoms with van der Waals surface area (Å²) in [5.41, 5.74) is 1.39. The standard InChI is InChI=1S/C22H19F3N2O5/c23-22(24,25)32-15-3-1-2-13(6-15)8-26-10-16-17(11-26)21(29)27(20(16)28)9-14-4-5-18-19(7-14)31-12-30-18/h1-7,16-17H,8-12H2/t16-,17+. The molecule has 0 aromatic heterocycles. The van der Waals surface area contributed by atoms with Crippen LogP contribution in [0.25, 0.3) is 0 Å². The number of rotatable bonds is 5. The molecular formula is C22H19F3N2O5. The molecular weight excluding hydrogens is 429 g/mol. The van der Waals surface area contributed by atoms with Gasteiger partial charge in [0.15, 0.2) is 11.5 Å². The number of carbonyl (C=O) groups excluding carboxylic acids is 2. The average Bonchev–Trinajstić information content (AvgIpc) is 3.40. The van der Waals surface area contributed by atoms with Gasteiger partial charge in [-0.3, -0.25) is 19.4 Å². The molecule has 0 bridgehead atoms. The van der Waals surface area contributed by atoms with E-state index in [1.807, 2.05) is 4.90 Å². The minimum absolute atomic E-state index is 0.144. The van der Waals surface area contributed by atoms with Crippen molar-refractivity contribution in [2.75, 3.05) is 19.9 Å². The molecule has 5 rings (SSSR count). The second kappa shape index (κ2) is 7.70. The van der Waals surface area contributed by atoms with Gasteiger partial charge >= 0.3 is 6.36 Å². The third-order valence-corrected chi connectivity index (χ3v) is 5.88. The Balaban J connectivity index is 1.23. The van der Waals surface area contributed by atoms with Crippen LogP contribution in [0.3, 0.4) is 0 Å². The molecule has 0 N–H and O–H groups in total. The quantitative estimate of drug-likeness (QED) is 0.656. The lowest BCUT2D eigenvalue weighted by molar-refractivity contribution is -0.274. The predicted octanol–water partition coefficient (Wildman–Crippen LogP) is 2.93. The smallest absolute Gasteiger partial charge is 0.454 e. The molecule has 2 amide bonds. The van der Waals surface area contributed by atoms with Crippen LogP contribution < -0.4 is 14.2 Å². The van der Waals surface area contributed by atoms with E-state index in [1.54, 1.807) is 24.3 Å². The summed E-state index contributed by atoms with van der Waals surface area (Å²) in [6.07, 6.45) is -4.76. The first-order valence-electron chi connectivity index (χ1n) is 10.1. The van der Waals surface area contributed by atoms with E-state index in [1.165, 1.54) is 23.1 Å². The fraction of sp³-hybridized carbons (Fsp3) is 0.364. The number of hydrogen-bond donors (Lipinski definition) is 0. The Labute approximate surface area is 181 Å². The van der Waals surface area contributed by atoms with E-state index in [9.17, 15) is 22.8 Å². The molecule has 168 valence electrons. The highest BCUT2D eigenvalue weighted by atomic mass is 19.4. The van der Waals surface area contributed by atoms with Gasteiger partial charge < -0.3 is 14.2 Å². The summed E-state index contributed by atoms with van der Waals surface area (Å²) < 4.78 is 51.9. The Hall–Kier alpha value is -3.27. The van der Waals surface area contributed by atoms with Crippen molar-refractivity contribution in [2.45, 2.75) is 19.5 Å². The summed E-state index contributed by atoms with van der Waals surface area (Å²) in [6.45, 7) is 1.38. The van der Waals surface area contributed by atoms with Gasteiger partial charge in [-0.15, -0.1) is 13.2 Å². The molecule has 2 aromatic carbocycles. The van der Waals surface area contributed by atoms with E-state index in [0.29, 0.717) is 36.7 Å². The van der Waals surface area contributed by atoms with Crippen molar-refractivity contribution in [2.24, 2.45) is 11.8 Å². The van der Waals surface area contributed by atoms with Gasteiger partial charge in [-0.1, -0.05) is 18.2 Å². The zero-order valence-corrected chi connectivity index (χ0v) is 16.8. The summed E-state index contributed by atoms with van der Waals surface area (Å²) >= 11 is 0. The Kier molecular flexibility index (Phi) is 4.96. The van der Waals surface area contributed by atoms with E-state index < -0.39 is 18.2 Å². The third-order valence-electron chi connectivity index (χ3n) is 5.88. The maximum absolute atomic E-state index is 12.9. The van der Waals surface area contributed by atoms with Crippen molar-refractivity contribution in [1.82, 2.24) is 9.80 Å². The lowest BCUT2D eigenvalue weighted by atomic mass is 10.00.